The molecule has 0 spiro atoms. The van der Waals surface area contributed by atoms with E-state index in [1.807, 2.05) is 29.2 Å². The van der Waals surface area contributed by atoms with E-state index >= 15 is 0 Å². The first kappa shape index (κ1) is 17.9. The minimum Gasteiger partial charge on any atom is -0.393 e. The van der Waals surface area contributed by atoms with Crippen LogP contribution in [0.25, 0.3) is 0 Å². The molecule has 1 aromatic heterocycles. The van der Waals surface area contributed by atoms with Crippen LogP contribution in [-0.4, -0.2) is 45.3 Å². The summed E-state index contributed by atoms with van der Waals surface area (Å²) in [5.41, 5.74) is 4.50. The van der Waals surface area contributed by atoms with E-state index in [1.54, 1.807) is 0 Å². The highest BCUT2D eigenvalue weighted by Gasteiger charge is 2.23. The van der Waals surface area contributed by atoms with Gasteiger partial charge in [0.25, 0.3) is 11.5 Å². The molecule has 2 aliphatic rings. The van der Waals surface area contributed by atoms with Gasteiger partial charge in [0.05, 0.1) is 11.8 Å². The predicted octanol–water partition coefficient (Wildman–Crippen LogP) is 1.84. The molecule has 0 bridgehead atoms. The number of aromatic nitrogens is 2. The van der Waals surface area contributed by atoms with Crippen LogP contribution in [0.5, 0.6) is 0 Å². The maximum Gasteiger partial charge on any atom is 0.267 e. The maximum absolute atomic E-state index is 12.8. The molecule has 1 aliphatic carbocycles. The average Bonchev–Trinajstić information content (AvgIpc) is 2.71. The molecular weight excluding hydrogens is 342 g/mol. The normalized spacial score (nSPS) is 17.6. The van der Waals surface area contributed by atoms with Crippen LogP contribution in [0.4, 0.5) is 0 Å². The average molecular weight is 367 g/mol. The van der Waals surface area contributed by atoms with Gasteiger partial charge in [-0.15, -0.1) is 0 Å². The van der Waals surface area contributed by atoms with Gasteiger partial charge in [0.15, 0.2) is 0 Å². The highest BCUT2D eigenvalue weighted by atomic mass is 16.3. The van der Waals surface area contributed by atoms with E-state index in [0.717, 1.165) is 48.1 Å². The summed E-state index contributed by atoms with van der Waals surface area (Å²) in [5.74, 6) is 0.0141. The molecule has 27 heavy (non-hydrogen) atoms. The Kier molecular flexibility index (Phi) is 5.07. The zero-order valence-corrected chi connectivity index (χ0v) is 15.4. The van der Waals surface area contributed by atoms with Crippen molar-refractivity contribution in [3.63, 3.8) is 0 Å². The van der Waals surface area contributed by atoms with Gasteiger partial charge in [-0.2, -0.15) is 5.10 Å². The van der Waals surface area contributed by atoms with Gasteiger partial charge in [-0.1, -0.05) is 12.1 Å². The van der Waals surface area contributed by atoms with Gasteiger partial charge in [0.1, 0.15) is 0 Å². The molecule has 1 aromatic carbocycles. The van der Waals surface area contributed by atoms with Gasteiger partial charge in [-0.3, -0.25) is 9.59 Å². The fourth-order valence-electron chi connectivity index (χ4n) is 4.13. The first-order valence-electron chi connectivity index (χ1n) is 9.77. The summed E-state index contributed by atoms with van der Waals surface area (Å²) in [6.45, 7) is 1.19. The highest BCUT2D eigenvalue weighted by molar-refractivity contribution is 5.94. The number of carbonyl (C=O) groups is 1. The topological polar surface area (TPSA) is 86.3 Å². The second kappa shape index (κ2) is 7.64. The van der Waals surface area contributed by atoms with Crippen molar-refractivity contribution < 1.29 is 9.90 Å². The third kappa shape index (κ3) is 3.81. The summed E-state index contributed by atoms with van der Waals surface area (Å²) >= 11 is 0. The molecule has 0 unspecified atom stereocenters. The number of H-pyrrole nitrogens is 1. The molecule has 0 radical (unpaired) electrons. The van der Waals surface area contributed by atoms with Crippen molar-refractivity contribution in [1.82, 2.24) is 15.1 Å². The van der Waals surface area contributed by atoms with Crippen molar-refractivity contribution in [2.45, 2.75) is 51.0 Å². The van der Waals surface area contributed by atoms with Crippen molar-refractivity contribution in [3.8, 4) is 0 Å². The van der Waals surface area contributed by atoms with Crippen molar-refractivity contribution in [2.24, 2.45) is 0 Å². The Balaban J connectivity index is 1.55. The summed E-state index contributed by atoms with van der Waals surface area (Å²) in [6, 6.07) is 7.67. The molecule has 1 saturated heterocycles. The van der Waals surface area contributed by atoms with Gasteiger partial charge < -0.3 is 10.0 Å². The van der Waals surface area contributed by atoms with Gasteiger partial charge >= 0.3 is 0 Å². The summed E-state index contributed by atoms with van der Waals surface area (Å²) in [5, 5.41) is 16.6. The molecule has 2 N–H and O–H groups in total. The van der Waals surface area contributed by atoms with E-state index in [1.165, 1.54) is 0 Å². The third-order valence-corrected chi connectivity index (χ3v) is 5.68. The molecule has 6 heteroatoms. The number of carbonyl (C=O) groups excluding carboxylic acids is 1. The lowest BCUT2D eigenvalue weighted by molar-refractivity contribution is 0.0546. The Morgan fingerprint density at radius 2 is 1.93 bits per heavy atom. The summed E-state index contributed by atoms with van der Waals surface area (Å²) < 4.78 is 0. The lowest BCUT2D eigenvalue weighted by Gasteiger charge is -2.29. The number of rotatable bonds is 3. The van der Waals surface area contributed by atoms with Crippen molar-refractivity contribution in [3.05, 3.63) is 62.6 Å². The van der Waals surface area contributed by atoms with Gasteiger partial charge in [0, 0.05) is 30.6 Å². The summed E-state index contributed by atoms with van der Waals surface area (Å²) in [4.78, 5) is 26.6. The number of aliphatic hydroxyl groups excluding tert-OH is 1. The summed E-state index contributed by atoms with van der Waals surface area (Å²) in [6.07, 6.45) is 5.45. The molecule has 1 amide bonds. The minimum absolute atomic E-state index is 0.0141. The van der Waals surface area contributed by atoms with E-state index in [-0.39, 0.29) is 17.6 Å². The number of nitrogens with one attached hydrogen (secondary N) is 1. The predicted molar refractivity (Wildman–Crippen MR) is 102 cm³/mol. The molecule has 1 aliphatic heterocycles. The quantitative estimate of drug-likeness (QED) is 0.867. The number of hydrogen-bond donors (Lipinski definition) is 2. The SMILES string of the molecule is O=C(c1cccc(Cc2n[nH]c(=O)c3c2CCCC3)c1)N1CCC(O)CC1. The highest BCUT2D eigenvalue weighted by Crippen LogP contribution is 2.22. The number of aliphatic hydroxyl groups is 1. The standard InChI is InChI=1S/C21H25N3O3/c25-16-8-10-24(11-9-16)21(27)15-5-3-4-14(12-15)13-19-17-6-1-2-7-18(17)20(26)23-22-19/h3-5,12,16,25H,1-2,6-11,13H2,(H,23,26). The first-order valence-corrected chi connectivity index (χ1v) is 9.77. The maximum atomic E-state index is 12.8. The second-order valence-electron chi connectivity index (χ2n) is 7.56. The number of benzene rings is 1. The Morgan fingerprint density at radius 3 is 2.70 bits per heavy atom. The summed E-state index contributed by atoms with van der Waals surface area (Å²) in [7, 11) is 0. The van der Waals surface area contributed by atoms with Crippen LogP contribution in [-0.2, 0) is 19.3 Å². The van der Waals surface area contributed by atoms with Gasteiger partial charge in [-0.05, 0) is 61.8 Å². The number of aromatic amines is 1. The molecule has 1 fully saturated rings. The number of piperidine rings is 1. The zero-order chi connectivity index (χ0) is 18.8. The lowest BCUT2D eigenvalue weighted by Crippen LogP contribution is -2.40. The molecule has 0 atom stereocenters. The number of nitrogens with zero attached hydrogens (tertiary/aromatic N) is 2. The molecule has 142 valence electrons. The van der Waals surface area contributed by atoms with Crippen LogP contribution in [0, 0.1) is 0 Å². The molecular formula is C21H25N3O3. The molecule has 2 aromatic rings. The van der Waals surface area contributed by atoms with E-state index in [9.17, 15) is 14.7 Å². The minimum atomic E-state index is -0.294. The Hall–Kier alpha value is -2.47. The van der Waals surface area contributed by atoms with Crippen molar-refractivity contribution in [1.29, 1.82) is 0 Å². The second-order valence-corrected chi connectivity index (χ2v) is 7.56. The molecule has 4 rings (SSSR count). The number of likely N-dealkylation sites (tertiary alicyclic amines) is 1. The van der Waals surface area contributed by atoms with Gasteiger partial charge in [-0.25, -0.2) is 5.10 Å². The fraction of sp³-hybridized carbons (Fsp3) is 0.476. The Labute approximate surface area is 158 Å². The van der Waals surface area contributed by atoms with E-state index < -0.39 is 0 Å². The lowest BCUT2D eigenvalue weighted by atomic mass is 9.90. The largest absolute Gasteiger partial charge is 0.393 e. The van der Waals surface area contributed by atoms with Crippen molar-refractivity contribution in [2.75, 3.05) is 13.1 Å². The monoisotopic (exact) mass is 367 g/mol. The smallest absolute Gasteiger partial charge is 0.267 e. The number of fused-ring (bicyclic) bond motifs is 1. The van der Waals surface area contributed by atoms with Crippen LogP contribution in [0.1, 0.15) is 58.4 Å². The van der Waals surface area contributed by atoms with Gasteiger partial charge in [0.2, 0.25) is 0 Å². The van der Waals surface area contributed by atoms with Crippen LogP contribution in [0.3, 0.4) is 0 Å². The fourth-order valence-corrected chi connectivity index (χ4v) is 4.13. The van der Waals surface area contributed by atoms with Crippen LogP contribution in [0.2, 0.25) is 0 Å². The van der Waals surface area contributed by atoms with E-state index in [4.69, 9.17) is 0 Å². The molecule has 6 nitrogen and oxygen atoms in total. The Bertz CT molecular complexity index is 898. The van der Waals surface area contributed by atoms with Crippen molar-refractivity contribution >= 4 is 5.91 Å². The van der Waals surface area contributed by atoms with Crippen LogP contribution < -0.4 is 5.56 Å². The zero-order valence-electron chi connectivity index (χ0n) is 15.4. The molecule has 0 saturated carbocycles. The van der Waals surface area contributed by atoms with Crippen LogP contribution >= 0.6 is 0 Å². The number of hydrogen-bond acceptors (Lipinski definition) is 4. The first-order chi connectivity index (χ1) is 13.1. The Morgan fingerprint density at radius 1 is 1.19 bits per heavy atom. The van der Waals surface area contributed by atoms with E-state index in [0.29, 0.717) is 37.9 Å². The van der Waals surface area contributed by atoms with Crippen LogP contribution in [0.15, 0.2) is 29.1 Å². The third-order valence-electron chi connectivity index (χ3n) is 5.68. The number of amides is 1. The van der Waals surface area contributed by atoms with E-state index in [2.05, 4.69) is 10.2 Å². The molecule has 2 heterocycles.